The van der Waals surface area contributed by atoms with E-state index in [1.54, 1.807) is 6.08 Å². The van der Waals surface area contributed by atoms with Gasteiger partial charge in [0.25, 0.3) is 0 Å². The van der Waals surface area contributed by atoms with Crippen LogP contribution in [0.1, 0.15) is 278 Å². The van der Waals surface area contributed by atoms with Gasteiger partial charge in [0.05, 0.1) is 6.42 Å². The van der Waals surface area contributed by atoms with Gasteiger partial charge >= 0.3 is 17.9 Å². The van der Waals surface area contributed by atoms with Crippen LogP contribution in [0.15, 0.2) is 97.2 Å². The quantitative estimate of drug-likeness (QED) is 0.0261. The van der Waals surface area contributed by atoms with Crippen LogP contribution in [0.5, 0.6) is 0 Å². The fourth-order valence-electron chi connectivity index (χ4n) is 8.17. The summed E-state index contributed by atoms with van der Waals surface area (Å²) in [6, 6.07) is 0. The maximum atomic E-state index is 12.7. The second-order valence-electron chi connectivity index (χ2n) is 19.5. The molecule has 0 aromatic carbocycles. The highest BCUT2D eigenvalue weighted by molar-refractivity contribution is 5.72. The zero-order valence-electron chi connectivity index (χ0n) is 46.5. The van der Waals surface area contributed by atoms with Crippen molar-refractivity contribution in [2.75, 3.05) is 13.2 Å². The van der Waals surface area contributed by atoms with Gasteiger partial charge in [-0.1, -0.05) is 272 Å². The maximum absolute atomic E-state index is 12.7. The van der Waals surface area contributed by atoms with Gasteiger partial charge in [0.2, 0.25) is 0 Å². The highest BCUT2D eigenvalue weighted by Gasteiger charge is 2.19. The van der Waals surface area contributed by atoms with Crippen molar-refractivity contribution in [3.05, 3.63) is 97.2 Å². The monoisotopic (exact) mass is 987 g/mol. The van der Waals surface area contributed by atoms with Crippen LogP contribution in [-0.2, 0) is 28.6 Å². The summed E-state index contributed by atoms with van der Waals surface area (Å²) in [7, 11) is 0. The van der Waals surface area contributed by atoms with Gasteiger partial charge in [-0.3, -0.25) is 14.4 Å². The van der Waals surface area contributed by atoms with Crippen molar-refractivity contribution in [1.82, 2.24) is 0 Å². The number of carbonyl (C=O) groups is 3. The molecule has 6 heteroatoms. The molecule has 0 radical (unpaired) electrons. The Labute approximate surface area is 438 Å². The Kier molecular flexibility index (Phi) is 55.9. The van der Waals surface area contributed by atoms with Crippen LogP contribution in [0, 0.1) is 0 Å². The summed E-state index contributed by atoms with van der Waals surface area (Å²) in [5, 5.41) is 0. The summed E-state index contributed by atoms with van der Waals surface area (Å²) in [6.45, 7) is 6.39. The minimum absolute atomic E-state index is 0.0973. The number of unbranched alkanes of at least 4 members (excludes halogenated alkanes) is 27. The fourth-order valence-corrected chi connectivity index (χ4v) is 8.17. The molecule has 0 amide bonds. The summed E-state index contributed by atoms with van der Waals surface area (Å²) < 4.78 is 16.7. The van der Waals surface area contributed by atoms with E-state index in [9.17, 15) is 14.4 Å². The standard InChI is InChI=1S/C65H110O6/c1-4-7-10-13-16-18-20-22-24-25-26-27-28-29-30-31-32-33-34-35-36-37-38-39-41-42-44-46-49-52-55-58-64(67)70-61-62(60-69-63(66)57-54-51-48-15-12-9-6-3)71-65(68)59-56-53-50-47-45-43-40-23-21-19-17-14-11-8-5-2/h8,11,17,19-20,22-23,25-26,28-29,40,45,47,53,56,62H,4-7,9-10,12-16,18,21,24,27,30-39,41-44,46,48-52,54-55,57-61H2,1-3H3/b11-8-,19-17-,22-20-,26-25-,29-28-,40-23-,47-45-,56-53-. The molecule has 0 saturated heterocycles. The zero-order valence-corrected chi connectivity index (χ0v) is 46.5. The van der Waals surface area contributed by atoms with Crippen LogP contribution in [0.3, 0.4) is 0 Å². The Balaban J connectivity index is 4.11. The highest BCUT2D eigenvalue weighted by Crippen LogP contribution is 2.16. The number of rotatable bonds is 53. The first kappa shape index (κ1) is 67.3. The van der Waals surface area contributed by atoms with Gasteiger partial charge in [-0.25, -0.2) is 0 Å². The molecule has 0 aliphatic heterocycles. The second-order valence-corrected chi connectivity index (χ2v) is 19.5. The molecule has 71 heavy (non-hydrogen) atoms. The normalized spacial score (nSPS) is 12.8. The topological polar surface area (TPSA) is 78.9 Å². The van der Waals surface area contributed by atoms with Gasteiger partial charge in [0.15, 0.2) is 6.10 Å². The van der Waals surface area contributed by atoms with Crippen molar-refractivity contribution < 1.29 is 28.6 Å². The van der Waals surface area contributed by atoms with Gasteiger partial charge < -0.3 is 14.2 Å². The summed E-state index contributed by atoms with van der Waals surface area (Å²) in [4.78, 5) is 37.8. The van der Waals surface area contributed by atoms with Crippen molar-refractivity contribution >= 4 is 17.9 Å². The first-order chi connectivity index (χ1) is 35.0. The fraction of sp³-hybridized carbons (Fsp3) is 0.708. The van der Waals surface area contributed by atoms with Gasteiger partial charge in [-0.2, -0.15) is 0 Å². The van der Waals surface area contributed by atoms with Crippen molar-refractivity contribution in [1.29, 1.82) is 0 Å². The van der Waals surface area contributed by atoms with Gasteiger partial charge in [-0.05, 0) is 83.5 Å². The van der Waals surface area contributed by atoms with E-state index in [0.29, 0.717) is 12.8 Å². The lowest BCUT2D eigenvalue weighted by Crippen LogP contribution is -2.30. The molecule has 0 rings (SSSR count). The van der Waals surface area contributed by atoms with Gasteiger partial charge in [0, 0.05) is 12.8 Å². The van der Waals surface area contributed by atoms with Crippen molar-refractivity contribution in [2.24, 2.45) is 0 Å². The molecule has 406 valence electrons. The van der Waals surface area contributed by atoms with Crippen LogP contribution in [0.2, 0.25) is 0 Å². The van der Waals surface area contributed by atoms with Crippen LogP contribution >= 0.6 is 0 Å². The molecule has 0 aromatic rings. The van der Waals surface area contributed by atoms with Crippen LogP contribution in [0.4, 0.5) is 0 Å². The summed E-state index contributed by atoms with van der Waals surface area (Å²) in [6.07, 6.45) is 79.0. The average Bonchev–Trinajstić information content (AvgIpc) is 3.37. The average molecular weight is 988 g/mol. The Hall–Kier alpha value is -3.67. The summed E-state index contributed by atoms with van der Waals surface area (Å²) in [5.41, 5.74) is 0. The van der Waals surface area contributed by atoms with Crippen molar-refractivity contribution in [3.8, 4) is 0 Å². The van der Waals surface area contributed by atoms with E-state index in [2.05, 4.69) is 106 Å². The molecule has 0 aliphatic carbocycles. The zero-order chi connectivity index (χ0) is 51.4. The third-order valence-electron chi connectivity index (χ3n) is 12.6. The number of carbonyl (C=O) groups excluding carboxylic acids is 3. The van der Waals surface area contributed by atoms with E-state index in [4.69, 9.17) is 14.2 Å². The third kappa shape index (κ3) is 57.1. The summed E-state index contributed by atoms with van der Waals surface area (Å²) in [5.74, 6) is -1.05. The van der Waals surface area contributed by atoms with E-state index in [0.717, 1.165) is 83.5 Å². The van der Waals surface area contributed by atoms with E-state index >= 15 is 0 Å². The lowest BCUT2D eigenvalue weighted by molar-refractivity contribution is -0.166. The largest absolute Gasteiger partial charge is 0.462 e. The predicted molar refractivity (Wildman–Crippen MR) is 307 cm³/mol. The Bertz CT molecular complexity index is 1410. The molecule has 0 bridgehead atoms. The lowest BCUT2D eigenvalue weighted by Gasteiger charge is -2.18. The molecule has 1 atom stereocenters. The molecule has 0 aliphatic rings. The SMILES string of the molecule is CC/C=C\C/C=C\C/C=C\C/C=C\C/C=C\CC(=O)OC(COC(=O)CCCCCCCCC)COC(=O)CCCCCCCCCCCCCCCCCC/C=C\C/C=C\C/C=C\CCCCCCC. The molecule has 0 saturated carbocycles. The number of ether oxygens (including phenoxy) is 3. The number of allylic oxidation sites excluding steroid dienone is 15. The Morgan fingerprint density at radius 3 is 0.930 bits per heavy atom. The Morgan fingerprint density at radius 2 is 0.592 bits per heavy atom. The van der Waals surface area contributed by atoms with Crippen LogP contribution in [-0.4, -0.2) is 37.2 Å². The molecule has 0 aromatic heterocycles. The number of hydrogen-bond donors (Lipinski definition) is 0. The van der Waals surface area contributed by atoms with Gasteiger partial charge in [-0.15, -0.1) is 0 Å². The third-order valence-corrected chi connectivity index (χ3v) is 12.6. The van der Waals surface area contributed by atoms with Crippen LogP contribution < -0.4 is 0 Å². The minimum atomic E-state index is -0.828. The molecule has 1 unspecified atom stereocenters. The molecular weight excluding hydrogens is 877 g/mol. The van der Waals surface area contributed by atoms with E-state index in [-0.39, 0.29) is 31.6 Å². The molecule has 6 nitrogen and oxygen atoms in total. The molecule has 0 fully saturated rings. The first-order valence-corrected chi connectivity index (χ1v) is 29.7. The second kappa shape index (κ2) is 58.9. The predicted octanol–water partition coefficient (Wildman–Crippen LogP) is 20.1. The van der Waals surface area contributed by atoms with Crippen LogP contribution in [0.25, 0.3) is 0 Å². The molecule has 0 spiro atoms. The van der Waals surface area contributed by atoms with Crippen molar-refractivity contribution in [2.45, 2.75) is 284 Å². The number of hydrogen-bond acceptors (Lipinski definition) is 6. The first-order valence-electron chi connectivity index (χ1n) is 29.7. The molecule has 0 heterocycles. The Morgan fingerprint density at radius 1 is 0.310 bits per heavy atom. The molecule has 0 N–H and O–H groups in total. The van der Waals surface area contributed by atoms with Crippen molar-refractivity contribution in [3.63, 3.8) is 0 Å². The van der Waals surface area contributed by atoms with E-state index in [1.807, 2.05) is 6.08 Å². The van der Waals surface area contributed by atoms with E-state index in [1.165, 1.54) is 154 Å². The lowest BCUT2D eigenvalue weighted by atomic mass is 10.0. The highest BCUT2D eigenvalue weighted by atomic mass is 16.6. The smallest absolute Gasteiger partial charge is 0.310 e. The maximum Gasteiger partial charge on any atom is 0.310 e. The summed E-state index contributed by atoms with van der Waals surface area (Å²) >= 11 is 0. The van der Waals surface area contributed by atoms with Gasteiger partial charge in [0.1, 0.15) is 13.2 Å². The number of esters is 3. The molecular formula is C65H110O6. The minimum Gasteiger partial charge on any atom is -0.462 e. The van der Waals surface area contributed by atoms with E-state index < -0.39 is 12.1 Å².